The zero-order chi connectivity index (χ0) is 21.9. The molecular formula is C20H21ClF5N3O2. The molecule has 1 amide bonds. The lowest BCUT2D eigenvalue weighted by molar-refractivity contribution is -0.137. The predicted molar refractivity (Wildman–Crippen MR) is 108 cm³/mol. The molecule has 1 fully saturated rings. The molecule has 0 aliphatic heterocycles. The van der Waals surface area contributed by atoms with Crippen LogP contribution in [-0.2, 0) is 17.5 Å². The number of hydrogen-bond donors (Lipinski definition) is 3. The van der Waals surface area contributed by atoms with E-state index in [1.807, 2.05) is 0 Å². The van der Waals surface area contributed by atoms with Crippen LogP contribution in [0.1, 0.15) is 24.0 Å². The number of carbonyl (C=O) groups excluding carboxylic acids is 1. The number of nitrogens with two attached hydrogens (primary N) is 1. The lowest BCUT2D eigenvalue weighted by Gasteiger charge is -2.17. The van der Waals surface area contributed by atoms with Crippen LogP contribution in [0.4, 0.5) is 33.3 Å². The first-order valence-corrected chi connectivity index (χ1v) is 9.12. The molecule has 1 aliphatic rings. The van der Waals surface area contributed by atoms with E-state index in [0.29, 0.717) is 24.6 Å². The van der Waals surface area contributed by atoms with Gasteiger partial charge in [-0.3, -0.25) is 4.79 Å². The van der Waals surface area contributed by atoms with Crippen molar-refractivity contribution < 1.29 is 31.5 Å². The molecule has 11 heteroatoms. The van der Waals surface area contributed by atoms with Crippen LogP contribution in [0.3, 0.4) is 0 Å². The maximum absolute atomic E-state index is 13.4. The highest BCUT2D eigenvalue weighted by Gasteiger charge is 2.45. The largest absolute Gasteiger partial charge is 0.488 e. The Morgan fingerprint density at radius 3 is 2.32 bits per heavy atom. The Morgan fingerprint density at radius 2 is 1.77 bits per heavy atom. The highest BCUT2D eigenvalue weighted by atomic mass is 35.5. The summed E-state index contributed by atoms with van der Waals surface area (Å²) in [4.78, 5) is 11.8. The summed E-state index contributed by atoms with van der Waals surface area (Å²) in [5.41, 5.74) is 4.88. The normalized spacial score (nSPS) is 14.5. The van der Waals surface area contributed by atoms with Gasteiger partial charge in [-0.15, -0.1) is 12.4 Å². The van der Waals surface area contributed by atoms with Gasteiger partial charge < -0.3 is 21.1 Å². The molecule has 1 aliphatic carbocycles. The number of alkyl halides is 5. The van der Waals surface area contributed by atoms with E-state index in [0.717, 1.165) is 11.6 Å². The number of amides is 1. The molecule has 5 nitrogen and oxygen atoms in total. The van der Waals surface area contributed by atoms with Crippen molar-refractivity contribution in [3.05, 3.63) is 53.6 Å². The van der Waals surface area contributed by atoms with Gasteiger partial charge in [0.15, 0.2) is 0 Å². The third-order valence-corrected chi connectivity index (χ3v) is 4.60. The monoisotopic (exact) mass is 465 g/mol. The fourth-order valence-electron chi connectivity index (χ4n) is 2.70. The minimum absolute atomic E-state index is 0. The molecule has 2 aromatic carbocycles. The molecule has 0 saturated heterocycles. The molecular weight excluding hydrogens is 445 g/mol. The quantitative estimate of drug-likeness (QED) is 0.497. The Hall–Kier alpha value is -2.59. The molecule has 0 aromatic heterocycles. The summed E-state index contributed by atoms with van der Waals surface area (Å²) in [5, 5.41) is 5.39. The van der Waals surface area contributed by atoms with Crippen LogP contribution in [0.25, 0.3) is 0 Å². The number of anilines is 2. The SMILES string of the molecule is Cl.NC1(C(=O)NCc2ccc(Nc3ccc(OCC(F)F)cc3C(F)(F)F)cc2)CC1. The third kappa shape index (κ3) is 6.70. The molecule has 31 heavy (non-hydrogen) atoms. The summed E-state index contributed by atoms with van der Waals surface area (Å²) in [6, 6.07) is 9.43. The van der Waals surface area contributed by atoms with Crippen LogP contribution in [0, 0.1) is 0 Å². The topological polar surface area (TPSA) is 76.4 Å². The average Bonchev–Trinajstić information content (AvgIpc) is 3.44. The van der Waals surface area contributed by atoms with Crippen molar-refractivity contribution in [2.24, 2.45) is 5.73 Å². The van der Waals surface area contributed by atoms with E-state index in [1.165, 1.54) is 6.07 Å². The van der Waals surface area contributed by atoms with Crippen LogP contribution < -0.4 is 21.1 Å². The molecule has 0 atom stereocenters. The number of benzene rings is 2. The smallest absolute Gasteiger partial charge is 0.418 e. The van der Waals surface area contributed by atoms with E-state index < -0.39 is 30.3 Å². The van der Waals surface area contributed by atoms with Crippen molar-refractivity contribution in [3.63, 3.8) is 0 Å². The van der Waals surface area contributed by atoms with Gasteiger partial charge in [-0.2, -0.15) is 13.2 Å². The molecule has 1 saturated carbocycles. The fourth-order valence-corrected chi connectivity index (χ4v) is 2.70. The molecule has 4 N–H and O–H groups in total. The molecule has 0 spiro atoms. The third-order valence-electron chi connectivity index (χ3n) is 4.60. The lowest BCUT2D eigenvalue weighted by Crippen LogP contribution is -2.42. The van der Waals surface area contributed by atoms with Crippen LogP contribution in [0.2, 0.25) is 0 Å². The minimum Gasteiger partial charge on any atom is -0.488 e. The molecule has 0 bridgehead atoms. The van der Waals surface area contributed by atoms with Crippen LogP contribution in [0.15, 0.2) is 42.5 Å². The minimum atomic E-state index is -4.71. The number of ether oxygens (including phenoxy) is 1. The second kappa shape index (κ2) is 9.69. The van der Waals surface area contributed by atoms with Crippen molar-refractivity contribution >= 4 is 29.7 Å². The lowest BCUT2D eigenvalue weighted by atomic mass is 10.1. The average molecular weight is 466 g/mol. The van der Waals surface area contributed by atoms with Gasteiger partial charge in [-0.05, 0) is 48.7 Å². The summed E-state index contributed by atoms with van der Waals surface area (Å²) in [6.07, 6.45) is -6.21. The summed E-state index contributed by atoms with van der Waals surface area (Å²) in [5.74, 6) is -0.527. The Labute approximate surface area is 181 Å². The van der Waals surface area contributed by atoms with Crippen molar-refractivity contribution in [1.82, 2.24) is 5.32 Å². The van der Waals surface area contributed by atoms with Gasteiger partial charge in [-0.25, -0.2) is 8.78 Å². The fraction of sp³-hybridized carbons (Fsp3) is 0.350. The van der Waals surface area contributed by atoms with Gasteiger partial charge in [-0.1, -0.05) is 12.1 Å². The molecule has 170 valence electrons. The summed E-state index contributed by atoms with van der Waals surface area (Å²) in [6.45, 7) is -0.741. The highest BCUT2D eigenvalue weighted by Crippen LogP contribution is 2.38. The summed E-state index contributed by atoms with van der Waals surface area (Å²) in [7, 11) is 0. The van der Waals surface area contributed by atoms with Gasteiger partial charge in [0.25, 0.3) is 6.43 Å². The second-order valence-electron chi connectivity index (χ2n) is 7.07. The van der Waals surface area contributed by atoms with E-state index in [1.54, 1.807) is 24.3 Å². The predicted octanol–water partition coefficient (Wildman–Crippen LogP) is 4.62. The Balaban J connectivity index is 0.00000341. The molecule has 0 radical (unpaired) electrons. The van der Waals surface area contributed by atoms with Crippen molar-refractivity contribution in [2.75, 3.05) is 11.9 Å². The van der Waals surface area contributed by atoms with E-state index in [2.05, 4.69) is 15.4 Å². The number of carbonyl (C=O) groups is 1. The van der Waals surface area contributed by atoms with Crippen molar-refractivity contribution in [2.45, 2.75) is 37.5 Å². The van der Waals surface area contributed by atoms with Gasteiger partial charge in [0.1, 0.15) is 12.4 Å². The van der Waals surface area contributed by atoms with Crippen LogP contribution in [0.5, 0.6) is 5.75 Å². The van der Waals surface area contributed by atoms with Crippen LogP contribution in [-0.4, -0.2) is 24.5 Å². The van der Waals surface area contributed by atoms with E-state index in [-0.39, 0.29) is 36.3 Å². The van der Waals surface area contributed by atoms with Gasteiger partial charge >= 0.3 is 6.18 Å². The number of hydrogen-bond acceptors (Lipinski definition) is 4. The first kappa shape index (κ1) is 24.7. The van der Waals surface area contributed by atoms with Gasteiger partial charge in [0.2, 0.25) is 5.91 Å². The number of rotatable bonds is 8. The van der Waals surface area contributed by atoms with Gasteiger partial charge in [0, 0.05) is 12.2 Å². The van der Waals surface area contributed by atoms with E-state index >= 15 is 0 Å². The number of halogens is 6. The Morgan fingerprint density at radius 1 is 1.13 bits per heavy atom. The highest BCUT2D eigenvalue weighted by molar-refractivity contribution is 5.88. The standard InChI is InChI=1S/C20H20F5N3O2.ClH/c21-17(22)11-30-14-5-6-16(15(9-14)20(23,24)25)28-13-3-1-12(2-4-13)10-27-18(29)19(26)7-8-19;/h1-6,9,17,28H,7-8,10-11,26H2,(H,27,29);1H. The van der Waals surface area contributed by atoms with E-state index in [4.69, 9.17) is 5.73 Å². The van der Waals surface area contributed by atoms with E-state index in [9.17, 15) is 26.7 Å². The van der Waals surface area contributed by atoms with Crippen molar-refractivity contribution in [3.8, 4) is 5.75 Å². The Bertz CT molecular complexity index is 903. The maximum atomic E-state index is 13.4. The Kier molecular flexibility index (Phi) is 7.72. The van der Waals surface area contributed by atoms with Gasteiger partial charge in [0.05, 0.1) is 16.8 Å². The summed E-state index contributed by atoms with van der Waals surface area (Å²) >= 11 is 0. The second-order valence-corrected chi connectivity index (χ2v) is 7.07. The zero-order valence-electron chi connectivity index (χ0n) is 16.1. The first-order chi connectivity index (χ1) is 14.1. The maximum Gasteiger partial charge on any atom is 0.418 e. The van der Waals surface area contributed by atoms with Crippen LogP contribution >= 0.6 is 12.4 Å². The molecule has 3 rings (SSSR count). The number of nitrogens with one attached hydrogen (secondary N) is 2. The van der Waals surface area contributed by atoms with Crippen molar-refractivity contribution in [1.29, 1.82) is 0 Å². The summed E-state index contributed by atoms with van der Waals surface area (Å²) < 4.78 is 69.3. The first-order valence-electron chi connectivity index (χ1n) is 9.12. The molecule has 2 aromatic rings. The molecule has 0 heterocycles. The molecule has 0 unspecified atom stereocenters. The zero-order valence-corrected chi connectivity index (χ0v) is 17.0.